The van der Waals surface area contributed by atoms with E-state index in [4.69, 9.17) is 23.2 Å². The molecule has 0 amide bonds. The molecule has 1 N–H and O–H groups in total. The summed E-state index contributed by atoms with van der Waals surface area (Å²) in [5.41, 5.74) is 0.226. The fraction of sp³-hybridized carbons (Fsp3) is 0.636. The summed E-state index contributed by atoms with van der Waals surface area (Å²) in [7, 11) is 0. The Balaban J connectivity index is 2.43. The van der Waals surface area contributed by atoms with Crippen LogP contribution >= 0.6 is 23.2 Å². The summed E-state index contributed by atoms with van der Waals surface area (Å²) >= 11 is 12.1. The van der Waals surface area contributed by atoms with Crippen molar-refractivity contribution in [3.8, 4) is 0 Å². The van der Waals surface area contributed by atoms with Gasteiger partial charge in [0.1, 0.15) is 17.2 Å². The van der Waals surface area contributed by atoms with Crippen molar-refractivity contribution in [2.45, 2.75) is 32.6 Å². The highest BCUT2D eigenvalue weighted by molar-refractivity contribution is 6.32. The average Bonchev–Trinajstić information content (AvgIpc) is 2.14. The molecule has 0 saturated carbocycles. The van der Waals surface area contributed by atoms with Gasteiger partial charge in [0, 0.05) is 6.54 Å². The van der Waals surface area contributed by atoms with Crippen LogP contribution in [0.3, 0.4) is 0 Å². The normalized spacial score (nSPS) is 13.6. The van der Waals surface area contributed by atoms with Crippen LogP contribution in [0.2, 0.25) is 5.02 Å². The number of hydrogen-bond donors (Lipinski definition) is 1. The number of nitrogens with zero attached hydrogens (tertiary/aromatic N) is 2. The molecule has 1 atom stereocenters. The average molecular weight is 262 g/mol. The predicted octanol–water partition coefficient (Wildman–Crippen LogP) is 3.59. The number of aromatic nitrogens is 2. The van der Waals surface area contributed by atoms with Gasteiger partial charge in [0.15, 0.2) is 0 Å². The maximum Gasteiger partial charge on any atom is 0.148 e. The van der Waals surface area contributed by atoms with Crippen LogP contribution in [-0.4, -0.2) is 21.9 Å². The minimum absolute atomic E-state index is 0.0611. The van der Waals surface area contributed by atoms with Crippen LogP contribution in [0.4, 0.5) is 5.82 Å². The van der Waals surface area contributed by atoms with E-state index >= 15 is 0 Å². The van der Waals surface area contributed by atoms with Crippen LogP contribution in [0.25, 0.3) is 0 Å². The molecule has 1 heterocycles. The van der Waals surface area contributed by atoms with Gasteiger partial charge in [-0.05, 0) is 11.8 Å². The maximum atomic E-state index is 6.22. The highest BCUT2D eigenvalue weighted by Crippen LogP contribution is 2.24. The number of rotatable bonds is 4. The molecule has 0 spiro atoms. The first kappa shape index (κ1) is 13.5. The summed E-state index contributed by atoms with van der Waals surface area (Å²) in [6.07, 6.45) is 3.95. The Morgan fingerprint density at radius 2 is 2.12 bits per heavy atom. The predicted molar refractivity (Wildman–Crippen MR) is 69.2 cm³/mol. The van der Waals surface area contributed by atoms with E-state index in [9.17, 15) is 0 Å². The molecule has 1 aromatic heterocycles. The third-order valence-electron chi connectivity index (χ3n) is 1.99. The zero-order chi connectivity index (χ0) is 12.2. The molecule has 0 aliphatic rings. The van der Waals surface area contributed by atoms with Crippen LogP contribution in [0.1, 0.15) is 27.2 Å². The van der Waals surface area contributed by atoms with Gasteiger partial charge in [-0.3, -0.25) is 0 Å². The van der Waals surface area contributed by atoms with E-state index in [0.29, 0.717) is 17.4 Å². The first-order valence-electron chi connectivity index (χ1n) is 5.22. The molecule has 1 aromatic rings. The smallest absolute Gasteiger partial charge is 0.148 e. The van der Waals surface area contributed by atoms with Gasteiger partial charge in [-0.15, -0.1) is 11.6 Å². The lowest BCUT2D eigenvalue weighted by Gasteiger charge is -2.22. The van der Waals surface area contributed by atoms with E-state index in [1.165, 1.54) is 6.33 Å². The zero-order valence-corrected chi connectivity index (χ0v) is 11.3. The van der Waals surface area contributed by atoms with Gasteiger partial charge in [-0.2, -0.15) is 0 Å². The molecule has 90 valence electrons. The number of hydrogen-bond acceptors (Lipinski definition) is 3. The first-order valence-corrected chi connectivity index (χ1v) is 6.03. The van der Waals surface area contributed by atoms with E-state index in [0.717, 1.165) is 6.42 Å². The van der Waals surface area contributed by atoms with Gasteiger partial charge >= 0.3 is 0 Å². The Hall–Kier alpha value is -0.540. The second-order valence-corrected chi connectivity index (χ2v) is 5.99. The second-order valence-electron chi connectivity index (χ2n) is 4.96. The van der Waals surface area contributed by atoms with Crippen LogP contribution in [-0.2, 0) is 0 Å². The van der Waals surface area contributed by atoms with Gasteiger partial charge in [0.25, 0.3) is 0 Å². The Morgan fingerprint density at radius 1 is 1.44 bits per heavy atom. The fourth-order valence-corrected chi connectivity index (χ4v) is 2.10. The molecule has 1 rings (SSSR count). The van der Waals surface area contributed by atoms with Crippen molar-refractivity contribution in [3.63, 3.8) is 0 Å². The van der Waals surface area contributed by atoms with E-state index in [1.807, 2.05) is 0 Å². The summed E-state index contributed by atoms with van der Waals surface area (Å²) in [6.45, 7) is 7.15. The third-order valence-corrected chi connectivity index (χ3v) is 2.58. The molecule has 0 fully saturated rings. The van der Waals surface area contributed by atoms with E-state index < -0.39 is 0 Å². The van der Waals surface area contributed by atoms with E-state index in [-0.39, 0.29) is 10.8 Å². The SMILES string of the molecule is CC(C)(C)CC(Cl)CNc1ncncc1Cl. The topological polar surface area (TPSA) is 37.8 Å². The Kier molecular flexibility index (Phi) is 4.81. The molecule has 0 bridgehead atoms. The standard InChI is InChI=1S/C11H17Cl2N3/c1-11(2,3)4-8(12)5-15-10-9(13)6-14-7-16-10/h6-8H,4-5H2,1-3H3,(H,14,15,16). The molecule has 0 aliphatic heterocycles. The van der Waals surface area contributed by atoms with Crippen molar-refractivity contribution in [2.75, 3.05) is 11.9 Å². The lowest BCUT2D eigenvalue weighted by molar-refractivity contribution is 0.373. The molecule has 0 aliphatic carbocycles. The van der Waals surface area contributed by atoms with Crippen molar-refractivity contribution < 1.29 is 0 Å². The molecule has 3 nitrogen and oxygen atoms in total. The highest BCUT2D eigenvalue weighted by atomic mass is 35.5. The molecule has 16 heavy (non-hydrogen) atoms. The molecular formula is C11H17Cl2N3. The number of nitrogens with one attached hydrogen (secondary N) is 1. The summed E-state index contributed by atoms with van der Waals surface area (Å²) in [6, 6.07) is 0. The van der Waals surface area contributed by atoms with Crippen molar-refractivity contribution in [2.24, 2.45) is 5.41 Å². The minimum atomic E-state index is 0.0611. The minimum Gasteiger partial charge on any atom is -0.367 e. The largest absolute Gasteiger partial charge is 0.367 e. The van der Waals surface area contributed by atoms with Crippen LogP contribution in [0, 0.1) is 5.41 Å². The molecule has 0 radical (unpaired) electrons. The van der Waals surface area contributed by atoms with Gasteiger partial charge in [-0.1, -0.05) is 32.4 Å². The molecule has 0 aromatic carbocycles. The van der Waals surface area contributed by atoms with Gasteiger partial charge in [-0.25, -0.2) is 9.97 Å². The van der Waals surface area contributed by atoms with Crippen molar-refractivity contribution in [1.29, 1.82) is 0 Å². The van der Waals surface area contributed by atoms with Crippen molar-refractivity contribution in [3.05, 3.63) is 17.5 Å². The number of alkyl halides is 1. The summed E-state index contributed by atoms with van der Waals surface area (Å²) < 4.78 is 0. The summed E-state index contributed by atoms with van der Waals surface area (Å²) in [5, 5.41) is 3.70. The molecule has 0 saturated heterocycles. The second kappa shape index (κ2) is 5.69. The Labute approximate surface area is 107 Å². The first-order chi connectivity index (χ1) is 7.38. The molecular weight excluding hydrogens is 245 g/mol. The van der Waals surface area contributed by atoms with Crippen LogP contribution in [0.15, 0.2) is 12.5 Å². The lowest BCUT2D eigenvalue weighted by atomic mass is 9.90. The monoisotopic (exact) mass is 261 g/mol. The summed E-state index contributed by atoms with van der Waals surface area (Å²) in [4.78, 5) is 7.85. The van der Waals surface area contributed by atoms with E-state index in [1.54, 1.807) is 6.20 Å². The lowest BCUT2D eigenvalue weighted by Crippen LogP contribution is -2.21. The Bertz CT molecular complexity index is 336. The van der Waals surface area contributed by atoms with Crippen molar-refractivity contribution >= 4 is 29.0 Å². The summed E-state index contributed by atoms with van der Waals surface area (Å²) in [5.74, 6) is 0.635. The van der Waals surface area contributed by atoms with Gasteiger partial charge < -0.3 is 5.32 Å². The van der Waals surface area contributed by atoms with Gasteiger partial charge in [0.2, 0.25) is 0 Å². The Morgan fingerprint density at radius 3 is 2.69 bits per heavy atom. The molecule has 1 unspecified atom stereocenters. The zero-order valence-electron chi connectivity index (χ0n) is 9.80. The van der Waals surface area contributed by atoms with Crippen LogP contribution < -0.4 is 5.32 Å². The van der Waals surface area contributed by atoms with Crippen molar-refractivity contribution in [1.82, 2.24) is 9.97 Å². The maximum absolute atomic E-state index is 6.22. The van der Waals surface area contributed by atoms with E-state index in [2.05, 4.69) is 36.1 Å². The fourth-order valence-electron chi connectivity index (χ4n) is 1.39. The highest BCUT2D eigenvalue weighted by Gasteiger charge is 2.16. The molecule has 5 heteroatoms. The van der Waals surface area contributed by atoms with Gasteiger partial charge in [0.05, 0.1) is 11.6 Å². The third kappa shape index (κ3) is 4.99. The van der Waals surface area contributed by atoms with Crippen LogP contribution in [0.5, 0.6) is 0 Å². The number of anilines is 1. The quantitative estimate of drug-likeness (QED) is 0.842. The number of halogens is 2.